The van der Waals surface area contributed by atoms with Gasteiger partial charge >= 0.3 is 6.43 Å². The van der Waals surface area contributed by atoms with Crippen LogP contribution in [0, 0.1) is 5.82 Å². The van der Waals surface area contributed by atoms with Gasteiger partial charge in [-0.25, -0.2) is 9.07 Å². The number of hydrogen-bond donors (Lipinski definition) is 1. The summed E-state index contributed by atoms with van der Waals surface area (Å²) in [5.74, 6) is -1.50. The zero-order valence-electron chi connectivity index (χ0n) is 17.9. The van der Waals surface area contributed by atoms with E-state index >= 15 is 0 Å². The van der Waals surface area contributed by atoms with Crippen LogP contribution in [-0.4, -0.2) is 50.4 Å². The van der Waals surface area contributed by atoms with Crippen molar-refractivity contribution in [2.45, 2.75) is 31.5 Å². The lowest BCUT2D eigenvalue weighted by Crippen LogP contribution is -2.43. The normalized spacial score (nSPS) is 19.5. The molecule has 11 heteroatoms. The molecule has 2 atom stereocenters. The van der Waals surface area contributed by atoms with Crippen LogP contribution in [0.15, 0.2) is 53.1 Å². The lowest BCUT2D eigenvalue weighted by Gasteiger charge is -2.29. The number of nitrogens with zero attached hydrogens (tertiary/aromatic N) is 6. The van der Waals surface area contributed by atoms with Crippen molar-refractivity contribution in [1.82, 2.24) is 30.5 Å². The number of rotatable bonds is 6. The van der Waals surface area contributed by atoms with E-state index in [1.54, 1.807) is 16.9 Å². The standard InChI is InChI=1S/C23H20F3N7O/c24-19-7-14(22-29-30-23(34-22)21(25)26)4-5-15(19)10-32-12-20(28-31-32)13-2-1-3-17(6-13)33-11-16-8-18(33)9-27-16/h1-7,12,16,18,21,27H,8-11H2/t16-,18-/m0/s1. The summed E-state index contributed by atoms with van der Waals surface area (Å²) in [6.45, 7) is 2.17. The summed E-state index contributed by atoms with van der Waals surface area (Å²) >= 11 is 0. The fourth-order valence-corrected chi connectivity index (χ4v) is 4.65. The van der Waals surface area contributed by atoms with Crippen molar-refractivity contribution in [2.24, 2.45) is 0 Å². The highest BCUT2D eigenvalue weighted by Gasteiger charge is 2.37. The van der Waals surface area contributed by atoms with Gasteiger partial charge in [0.05, 0.1) is 12.7 Å². The first-order valence-electron chi connectivity index (χ1n) is 10.9. The molecule has 6 rings (SSSR count). The monoisotopic (exact) mass is 467 g/mol. The summed E-state index contributed by atoms with van der Waals surface area (Å²) in [6.07, 6.45) is 0.0666. The molecular weight excluding hydrogens is 447 g/mol. The number of anilines is 1. The zero-order chi connectivity index (χ0) is 23.2. The van der Waals surface area contributed by atoms with Gasteiger partial charge in [0.1, 0.15) is 11.5 Å². The second-order valence-electron chi connectivity index (χ2n) is 8.55. The molecule has 0 radical (unpaired) electrons. The average Bonchev–Trinajstić information content (AvgIpc) is 3.65. The van der Waals surface area contributed by atoms with Crippen LogP contribution in [-0.2, 0) is 6.54 Å². The lowest BCUT2D eigenvalue weighted by molar-refractivity contribution is 0.116. The third-order valence-corrected chi connectivity index (χ3v) is 6.33. The lowest BCUT2D eigenvalue weighted by atomic mass is 10.1. The molecule has 2 aliphatic rings. The van der Waals surface area contributed by atoms with Crippen molar-refractivity contribution in [2.75, 3.05) is 18.0 Å². The van der Waals surface area contributed by atoms with Gasteiger partial charge in [0.15, 0.2) is 0 Å². The van der Waals surface area contributed by atoms with Gasteiger partial charge < -0.3 is 14.6 Å². The molecule has 0 aliphatic carbocycles. The van der Waals surface area contributed by atoms with E-state index in [9.17, 15) is 13.2 Å². The van der Waals surface area contributed by atoms with Crippen molar-refractivity contribution in [3.05, 3.63) is 65.9 Å². The molecule has 0 spiro atoms. The molecule has 2 bridgehead atoms. The predicted octanol–water partition coefficient (Wildman–Crippen LogP) is 3.67. The van der Waals surface area contributed by atoms with E-state index in [1.807, 2.05) is 12.1 Å². The summed E-state index contributed by atoms with van der Waals surface area (Å²) in [5, 5.41) is 18.7. The average molecular weight is 467 g/mol. The van der Waals surface area contributed by atoms with Crippen molar-refractivity contribution in [3.8, 4) is 22.7 Å². The van der Waals surface area contributed by atoms with Crippen LogP contribution in [0.1, 0.15) is 24.3 Å². The summed E-state index contributed by atoms with van der Waals surface area (Å²) < 4.78 is 46.5. The smallest absolute Gasteiger partial charge is 0.314 e. The first kappa shape index (κ1) is 20.8. The van der Waals surface area contributed by atoms with E-state index in [0.29, 0.717) is 23.3 Å². The molecule has 2 fully saturated rings. The Balaban J connectivity index is 1.19. The van der Waals surface area contributed by atoms with Gasteiger partial charge in [0.2, 0.25) is 5.89 Å². The fourth-order valence-electron chi connectivity index (χ4n) is 4.65. The summed E-state index contributed by atoms with van der Waals surface area (Å²) in [4.78, 5) is 2.43. The van der Waals surface area contributed by atoms with E-state index in [0.717, 1.165) is 18.7 Å². The SMILES string of the molecule is Fc1cc(-c2nnc(C(F)F)o2)ccc1Cn1cc(-c2cccc(N3C[C@@H]4C[C@H]3CN4)c2)nn1. The minimum absolute atomic E-state index is 0.159. The first-order chi connectivity index (χ1) is 16.5. The number of halogens is 3. The maximum absolute atomic E-state index is 14.7. The van der Waals surface area contributed by atoms with Gasteiger partial charge in [0, 0.05) is 47.6 Å². The Morgan fingerprint density at radius 1 is 1.09 bits per heavy atom. The highest BCUT2D eigenvalue weighted by atomic mass is 19.3. The molecule has 4 heterocycles. The number of piperazine rings is 1. The van der Waals surface area contributed by atoms with Crippen LogP contribution < -0.4 is 10.2 Å². The zero-order valence-corrected chi connectivity index (χ0v) is 17.9. The van der Waals surface area contributed by atoms with Gasteiger partial charge in [-0.3, -0.25) is 0 Å². The molecule has 2 saturated heterocycles. The van der Waals surface area contributed by atoms with Crippen LogP contribution in [0.4, 0.5) is 18.9 Å². The molecule has 2 aromatic carbocycles. The third kappa shape index (κ3) is 3.81. The Hall–Kier alpha value is -3.73. The summed E-state index contributed by atoms with van der Waals surface area (Å²) in [5.41, 5.74) is 3.40. The molecule has 34 heavy (non-hydrogen) atoms. The maximum atomic E-state index is 14.7. The minimum atomic E-state index is -2.88. The van der Waals surface area contributed by atoms with Gasteiger partial charge in [-0.1, -0.05) is 23.4 Å². The highest BCUT2D eigenvalue weighted by Crippen LogP contribution is 2.32. The topological polar surface area (TPSA) is 84.9 Å². The highest BCUT2D eigenvalue weighted by molar-refractivity contribution is 5.66. The van der Waals surface area contributed by atoms with E-state index in [1.165, 1.54) is 24.2 Å². The second-order valence-corrected chi connectivity index (χ2v) is 8.55. The molecule has 8 nitrogen and oxygen atoms in total. The van der Waals surface area contributed by atoms with Crippen LogP contribution in [0.25, 0.3) is 22.7 Å². The van der Waals surface area contributed by atoms with Crippen LogP contribution in [0.5, 0.6) is 0 Å². The number of alkyl halides is 2. The molecular formula is C23H20F3N7O. The van der Waals surface area contributed by atoms with E-state index < -0.39 is 18.1 Å². The van der Waals surface area contributed by atoms with Crippen molar-refractivity contribution >= 4 is 5.69 Å². The molecule has 174 valence electrons. The number of aromatic nitrogens is 5. The largest absolute Gasteiger partial charge is 0.415 e. The number of fused-ring (bicyclic) bond motifs is 2. The van der Waals surface area contributed by atoms with E-state index in [-0.39, 0.29) is 18.0 Å². The minimum Gasteiger partial charge on any atom is -0.415 e. The Morgan fingerprint density at radius 3 is 2.74 bits per heavy atom. The molecule has 0 amide bonds. The Kier molecular flexibility index (Phi) is 5.05. The number of hydrogen-bond acceptors (Lipinski definition) is 7. The molecule has 2 aliphatic heterocycles. The number of benzene rings is 2. The van der Waals surface area contributed by atoms with Gasteiger partial charge in [-0.15, -0.1) is 15.3 Å². The van der Waals surface area contributed by atoms with Gasteiger partial charge in [-0.2, -0.15) is 8.78 Å². The van der Waals surface area contributed by atoms with Crippen LogP contribution >= 0.6 is 0 Å². The van der Waals surface area contributed by atoms with E-state index in [2.05, 4.69) is 42.9 Å². The Labute approximate surface area is 192 Å². The molecule has 2 aromatic heterocycles. The summed E-state index contributed by atoms with van der Waals surface area (Å²) in [6, 6.07) is 13.6. The Bertz CT molecular complexity index is 1340. The van der Waals surface area contributed by atoms with Crippen LogP contribution in [0.2, 0.25) is 0 Å². The van der Waals surface area contributed by atoms with Crippen molar-refractivity contribution in [1.29, 1.82) is 0 Å². The van der Waals surface area contributed by atoms with Gasteiger partial charge in [-0.05, 0) is 30.7 Å². The fraction of sp³-hybridized carbons (Fsp3) is 0.304. The second kappa shape index (κ2) is 8.24. The molecule has 1 N–H and O–H groups in total. The third-order valence-electron chi connectivity index (χ3n) is 6.33. The quantitative estimate of drug-likeness (QED) is 0.463. The van der Waals surface area contributed by atoms with E-state index in [4.69, 9.17) is 4.42 Å². The van der Waals surface area contributed by atoms with Gasteiger partial charge in [0.25, 0.3) is 5.89 Å². The first-order valence-corrected chi connectivity index (χ1v) is 10.9. The maximum Gasteiger partial charge on any atom is 0.314 e. The van der Waals surface area contributed by atoms with Crippen molar-refractivity contribution < 1.29 is 17.6 Å². The van der Waals surface area contributed by atoms with Crippen LogP contribution in [0.3, 0.4) is 0 Å². The Morgan fingerprint density at radius 2 is 2.00 bits per heavy atom. The van der Waals surface area contributed by atoms with Crippen molar-refractivity contribution in [3.63, 3.8) is 0 Å². The molecule has 4 aromatic rings. The predicted molar refractivity (Wildman–Crippen MR) is 117 cm³/mol. The number of nitrogens with one attached hydrogen (secondary N) is 1. The molecule has 0 unspecified atom stereocenters. The summed E-state index contributed by atoms with van der Waals surface area (Å²) in [7, 11) is 0. The molecule has 0 saturated carbocycles.